The minimum atomic E-state index is 0.0606. The summed E-state index contributed by atoms with van der Waals surface area (Å²) < 4.78 is 0. The maximum Gasteiger partial charge on any atom is 0.253 e. The smallest absolute Gasteiger partial charge is 0.253 e. The summed E-state index contributed by atoms with van der Waals surface area (Å²) in [5.74, 6) is 0.961. The highest BCUT2D eigenvalue weighted by atomic mass is 35.5. The molecule has 1 aliphatic rings. The summed E-state index contributed by atoms with van der Waals surface area (Å²) in [5.41, 5.74) is 2.45. The number of carbonyl (C=O) groups is 1. The van der Waals surface area contributed by atoms with Gasteiger partial charge in [0, 0.05) is 61.8 Å². The van der Waals surface area contributed by atoms with Gasteiger partial charge in [-0.25, -0.2) is 4.99 Å². The highest BCUT2D eigenvalue weighted by Gasteiger charge is 2.22. The average molecular weight is 509 g/mol. The quantitative estimate of drug-likeness (QED) is 0.284. The van der Waals surface area contributed by atoms with Gasteiger partial charge >= 0.3 is 0 Å². The highest BCUT2D eigenvalue weighted by Crippen LogP contribution is 2.26. The molecule has 1 aliphatic heterocycles. The Labute approximate surface area is 217 Å². The van der Waals surface area contributed by atoms with E-state index in [1.54, 1.807) is 0 Å². The van der Waals surface area contributed by atoms with Crippen LogP contribution in [0.4, 0.5) is 5.69 Å². The summed E-state index contributed by atoms with van der Waals surface area (Å²) in [6, 6.07) is 19.9. The van der Waals surface area contributed by atoms with E-state index in [4.69, 9.17) is 16.6 Å². The van der Waals surface area contributed by atoms with Gasteiger partial charge in [-0.15, -0.1) is 11.3 Å². The van der Waals surface area contributed by atoms with Crippen LogP contribution in [0.25, 0.3) is 0 Å². The topological polar surface area (TPSA) is 39.2 Å². The van der Waals surface area contributed by atoms with Crippen molar-refractivity contribution in [1.82, 2.24) is 14.7 Å². The molecular weight excluding hydrogens is 476 g/mol. The number of carbonyl (C=O) groups excluding carboxylic acids is 1. The Kier molecular flexibility index (Phi) is 8.96. The number of benzene rings is 2. The summed E-state index contributed by atoms with van der Waals surface area (Å²) in [6.45, 7) is 10.3. The molecule has 184 valence electrons. The third-order valence-corrected chi connectivity index (χ3v) is 7.70. The van der Waals surface area contributed by atoms with Crippen LogP contribution < -0.4 is 0 Å². The number of amidine groups is 1. The van der Waals surface area contributed by atoms with Crippen LogP contribution in [0.5, 0.6) is 0 Å². The SMILES string of the molecule is CCN(CC)C(=O)c1ccc(/C(=N/c2ccccc2Cl)N2CCN(CCc3cccs3)CC2)cc1. The Morgan fingerprint density at radius 2 is 1.63 bits per heavy atom. The van der Waals surface area contributed by atoms with Gasteiger partial charge in [-0.1, -0.05) is 41.9 Å². The molecule has 3 aromatic rings. The number of amides is 1. The zero-order chi connectivity index (χ0) is 24.6. The molecule has 2 heterocycles. The van der Waals surface area contributed by atoms with Gasteiger partial charge in [0.2, 0.25) is 0 Å². The lowest BCUT2D eigenvalue weighted by Gasteiger charge is -2.36. The van der Waals surface area contributed by atoms with E-state index in [-0.39, 0.29) is 5.91 Å². The van der Waals surface area contributed by atoms with Gasteiger partial charge in [-0.2, -0.15) is 0 Å². The van der Waals surface area contributed by atoms with Crippen LogP contribution >= 0.6 is 22.9 Å². The Hall–Kier alpha value is -2.67. The molecule has 5 nitrogen and oxygen atoms in total. The second-order valence-electron chi connectivity index (χ2n) is 8.60. The molecule has 0 aliphatic carbocycles. The van der Waals surface area contributed by atoms with Crippen LogP contribution in [0.2, 0.25) is 5.02 Å². The van der Waals surface area contributed by atoms with Crippen molar-refractivity contribution in [3.05, 3.63) is 87.1 Å². The molecule has 0 radical (unpaired) electrons. The molecular formula is C28H33ClN4OS. The van der Waals surface area contributed by atoms with E-state index in [0.717, 1.165) is 56.2 Å². The molecule has 0 N–H and O–H groups in total. The van der Waals surface area contributed by atoms with Crippen LogP contribution in [-0.2, 0) is 6.42 Å². The van der Waals surface area contributed by atoms with Crippen LogP contribution in [0.1, 0.15) is 34.6 Å². The van der Waals surface area contributed by atoms with E-state index in [2.05, 4.69) is 27.3 Å². The van der Waals surface area contributed by atoms with Crippen molar-refractivity contribution >= 4 is 40.4 Å². The molecule has 0 unspecified atom stereocenters. The fourth-order valence-electron chi connectivity index (χ4n) is 4.34. The third kappa shape index (κ3) is 6.51. The fourth-order valence-corrected chi connectivity index (χ4v) is 5.21. The van der Waals surface area contributed by atoms with Gasteiger partial charge in [-0.3, -0.25) is 9.69 Å². The van der Waals surface area contributed by atoms with Crippen LogP contribution in [-0.4, -0.2) is 72.3 Å². The molecule has 0 bridgehead atoms. The Morgan fingerprint density at radius 1 is 0.943 bits per heavy atom. The first kappa shape index (κ1) is 25.4. The normalized spacial score (nSPS) is 14.8. The molecule has 1 saturated heterocycles. The van der Waals surface area contributed by atoms with Crippen molar-refractivity contribution in [1.29, 1.82) is 0 Å². The standard InChI is InChI=1S/C28H33ClN4OS/c1-3-32(4-2)28(34)23-13-11-22(12-14-23)27(30-26-10-6-5-9-25(26)29)33-19-17-31(18-20-33)16-15-24-8-7-21-35-24/h5-14,21H,3-4,15-20H2,1-2H3/b30-27-. The van der Waals surface area contributed by atoms with Crippen molar-refractivity contribution < 1.29 is 4.79 Å². The number of halogens is 1. The third-order valence-electron chi connectivity index (χ3n) is 6.45. The van der Waals surface area contributed by atoms with Crippen LogP contribution in [0.15, 0.2) is 71.0 Å². The predicted octanol–water partition coefficient (Wildman–Crippen LogP) is 5.82. The maximum absolute atomic E-state index is 12.8. The van der Waals surface area contributed by atoms with E-state index in [1.807, 2.05) is 78.6 Å². The van der Waals surface area contributed by atoms with Crippen molar-refractivity contribution in [3.63, 3.8) is 0 Å². The minimum absolute atomic E-state index is 0.0606. The predicted molar refractivity (Wildman–Crippen MR) is 147 cm³/mol. The zero-order valence-corrected chi connectivity index (χ0v) is 22.1. The monoisotopic (exact) mass is 508 g/mol. The molecule has 1 fully saturated rings. The molecule has 0 atom stereocenters. The van der Waals surface area contributed by atoms with Crippen LogP contribution in [0, 0.1) is 0 Å². The minimum Gasteiger partial charge on any atom is -0.354 e. The van der Waals surface area contributed by atoms with Crippen molar-refractivity contribution in [2.75, 3.05) is 45.8 Å². The molecule has 0 spiro atoms. The highest BCUT2D eigenvalue weighted by molar-refractivity contribution is 7.09. The first-order chi connectivity index (χ1) is 17.1. The van der Waals surface area contributed by atoms with Gasteiger partial charge in [0.15, 0.2) is 0 Å². The molecule has 2 aromatic carbocycles. The van der Waals surface area contributed by atoms with Crippen molar-refractivity contribution in [2.45, 2.75) is 20.3 Å². The number of piperazine rings is 1. The average Bonchev–Trinajstić information content (AvgIpc) is 3.42. The van der Waals surface area contributed by atoms with Gasteiger partial charge in [0.25, 0.3) is 5.91 Å². The number of aliphatic imine (C=N–C) groups is 1. The lowest BCUT2D eigenvalue weighted by atomic mass is 10.1. The maximum atomic E-state index is 12.8. The molecule has 1 amide bonds. The lowest BCUT2D eigenvalue weighted by Crippen LogP contribution is -2.49. The Bertz CT molecular complexity index is 1120. The molecule has 1 aromatic heterocycles. The van der Waals surface area contributed by atoms with Crippen LogP contribution in [0.3, 0.4) is 0 Å². The van der Waals surface area contributed by atoms with Gasteiger partial charge in [0.05, 0.1) is 10.7 Å². The summed E-state index contributed by atoms with van der Waals surface area (Å²) in [4.78, 5) is 25.9. The Balaban J connectivity index is 1.53. The number of hydrogen-bond acceptors (Lipinski definition) is 4. The number of thiophene rings is 1. The van der Waals surface area contributed by atoms with E-state index in [0.29, 0.717) is 23.7 Å². The number of hydrogen-bond donors (Lipinski definition) is 0. The van der Waals surface area contributed by atoms with Gasteiger partial charge < -0.3 is 9.80 Å². The summed E-state index contributed by atoms with van der Waals surface area (Å²) >= 11 is 8.29. The van der Waals surface area contributed by atoms with E-state index < -0.39 is 0 Å². The van der Waals surface area contributed by atoms with E-state index in [9.17, 15) is 4.79 Å². The lowest BCUT2D eigenvalue weighted by molar-refractivity contribution is 0.0773. The summed E-state index contributed by atoms with van der Waals surface area (Å²) in [5, 5.41) is 2.78. The molecule has 4 rings (SSSR count). The van der Waals surface area contributed by atoms with E-state index in [1.165, 1.54) is 4.88 Å². The number of rotatable bonds is 8. The number of nitrogens with zero attached hydrogens (tertiary/aromatic N) is 4. The molecule has 35 heavy (non-hydrogen) atoms. The van der Waals surface area contributed by atoms with Crippen molar-refractivity contribution in [3.8, 4) is 0 Å². The summed E-state index contributed by atoms with van der Waals surface area (Å²) in [6.07, 6.45) is 1.10. The first-order valence-electron chi connectivity index (χ1n) is 12.3. The fraction of sp³-hybridized carbons (Fsp3) is 0.357. The molecule has 0 saturated carbocycles. The zero-order valence-electron chi connectivity index (χ0n) is 20.5. The van der Waals surface area contributed by atoms with Gasteiger partial charge in [-0.05, 0) is 56.0 Å². The Morgan fingerprint density at radius 3 is 2.26 bits per heavy atom. The second-order valence-corrected chi connectivity index (χ2v) is 10.0. The van der Waals surface area contributed by atoms with E-state index >= 15 is 0 Å². The van der Waals surface area contributed by atoms with Crippen molar-refractivity contribution in [2.24, 2.45) is 4.99 Å². The second kappa shape index (κ2) is 12.3. The van der Waals surface area contributed by atoms with Gasteiger partial charge in [0.1, 0.15) is 5.84 Å². The first-order valence-corrected chi connectivity index (χ1v) is 13.6. The number of para-hydroxylation sites is 1. The largest absolute Gasteiger partial charge is 0.354 e. The molecule has 7 heteroatoms. The summed E-state index contributed by atoms with van der Waals surface area (Å²) in [7, 11) is 0.